The lowest BCUT2D eigenvalue weighted by Crippen LogP contribution is -2.68. The van der Waals surface area contributed by atoms with Crippen LogP contribution in [-0.4, -0.2) is 50.1 Å². The molecule has 0 aromatic rings. The van der Waals surface area contributed by atoms with Crippen LogP contribution in [0.2, 0.25) is 0 Å². The molecule has 0 aromatic heterocycles. The summed E-state index contributed by atoms with van der Waals surface area (Å²) in [5, 5.41) is 30.7. The lowest BCUT2D eigenvalue weighted by Gasteiger charge is -2.71. The fraction of sp³-hybridized carbons (Fsp3) is 0.844. The standard InChI is InChI=1S/C32H48O6S/c1-27(2)22-8-9-32(7)24(30(22,5)16-21(25(27)36)39-17-23(34)35)20(33)14-18-19-15-29(4,26(37)38)11-10-28(19,3)12-13-31(18,32)6/h14,19,21-22,24-25,36H,8-13,15-17H2,1-7H3,(H,34,35)(H,37,38)/t19-,21?,22-,24+,25?,28+,29-,30-,31+,32+/m0/s1. The van der Waals surface area contributed by atoms with Gasteiger partial charge in [0.2, 0.25) is 0 Å². The van der Waals surface area contributed by atoms with Crippen LogP contribution in [-0.2, 0) is 14.4 Å². The van der Waals surface area contributed by atoms with Crippen molar-refractivity contribution in [1.29, 1.82) is 0 Å². The molecule has 5 aliphatic rings. The van der Waals surface area contributed by atoms with Gasteiger partial charge in [-0.15, -0.1) is 11.8 Å². The molecule has 5 aliphatic carbocycles. The number of hydrogen-bond donors (Lipinski definition) is 3. The van der Waals surface area contributed by atoms with Gasteiger partial charge in [-0.3, -0.25) is 14.4 Å². The van der Waals surface area contributed by atoms with Crippen LogP contribution in [0.1, 0.15) is 99.8 Å². The summed E-state index contributed by atoms with van der Waals surface area (Å²) in [4.78, 5) is 38.2. The minimum absolute atomic E-state index is 0.0143. The molecule has 4 fully saturated rings. The molecule has 0 aromatic carbocycles. The number of carboxylic acids is 2. The number of ketones is 1. The topological polar surface area (TPSA) is 112 Å². The van der Waals surface area contributed by atoms with Gasteiger partial charge in [0.05, 0.1) is 17.3 Å². The number of aliphatic hydroxyl groups is 1. The van der Waals surface area contributed by atoms with Gasteiger partial charge in [0.25, 0.3) is 0 Å². The SMILES string of the molecule is CC1(C)C(O)C(SCC(=O)O)C[C@]2(C)[C@H]3C(=O)C=C4[C@@H]5C[C@@](C)(C(=O)O)CC[C@]5(C)CC[C@@]4(C)[C@]3(C)CC[C@@H]12. The molecule has 0 heterocycles. The fourth-order valence-corrected chi connectivity index (χ4v) is 12.2. The Balaban J connectivity index is 1.60. The maximum Gasteiger partial charge on any atom is 0.313 e. The van der Waals surface area contributed by atoms with E-state index in [1.807, 2.05) is 13.0 Å². The third kappa shape index (κ3) is 3.87. The molecular weight excluding hydrogens is 512 g/mol. The molecule has 10 atom stereocenters. The van der Waals surface area contributed by atoms with Crippen molar-refractivity contribution in [2.75, 3.05) is 5.75 Å². The number of aliphatic carboxylic acids is 2. The van der Waals surface area contributed by atoms with Crippen molar-refractivity contribution in [3.63, 3.8) is 0 Å². The van der Waals surface area contributed by atoms with E-state index in [1.165, 1.54) is 17.3 Å². The Hall–Kier alpha value is -1.34. The molecule has 7 heteroatoms. The van der Waals surface area contributed by atoms with E-state index in [0.29, 0.717) is 19.3 Å². The summed E-state index contributed by atoms with van der Waals surface area (Å²) >= 11 is 1.32. The second kappa shape index (κ2) is 8.83. The quantitative estimate of drug-likeness (QED) is 0.375. The average Bonchev–Trinajstić information content (AvgIpc) is 2.82. The molecule has 0 saturated heterocycles. The highest BCUT2D eigenvalue weighted by atomic mass is 32.2. The molecule has 4 saturated carbocycles. The molecule has 39 heavy (non-hydrogen) atoms. The monoisotopic (exact) mass is 560 g/mol. The van der Waals surface area contributed by atoms with Gasteiger partial charge in [-0.05, 0) is 103 Å². The van der Waals surface area contributed by atoms with Crippen LogP contribution in [0, 0.1) is 50.2 Å². The van der Waals surface area contributed by atoms with Gasteiger partial charge in [0, 0.05) is 11.2 Å². The highest BCUT2D eigenvalue weighted by Crippen LogP contribution is 2.75. The van der Waals surface area contributed by atoms with Gasteiger partial charge in [0.15, 0.2) is 5.78 Å². The molecular formula is C32H48O6S. The number of carbonyl (C=O) groups excluding carboxylic acids is 1. The Kier molecular flexibility index (Phi) is 6.60. The van der Waals surface area contributed by atoms with Crippen LogP contribution in [0.3, 0.4) is 0 Å². The fourth-order valence-electron chi connectivity index (χ4n) is 10.8. The zero-order valence-corrected chi connectivity index (χ0v) is 25.6. The molecule has 0 bridgehead atoms. The van der Waals surface area contributed by atoms with E-state index in [1.54, 1.807) is 0 Å². The van der Waals surface area contributed by atoms with E-state index in [4.69, 9.17) is 0 Å². The van der Waals surface area contributed by atoms with E-state index < -0.39 is 28.9 Å². The molecule has 0 aliphatic heterocycles. The maximum atomic E-state index is 14.5. The van der Waals surface area contributed by atoms with Crippen molar-refractivity contribution in [2.45, 2.75) is 111 Å². The smallest absolute Gasteiger partial charge is 0.313 e. The van der Waals surface area contributed by atoms with Crippen molar-refractivity contribution >= 4 is 29.5 Å². The van der Waals surface area contributed by atoms with E-state index >= 15 is 0 Å². The molecule has 5 rings (SSSR count). The number of aliphatic hydroxyl groups excluding tert-OH is 1. The molecule has 0 radical (unpaired) electrons. The Labute approximate surface area is 237 Å². The number of carboxylic acid groups (broad SMARTS) is 2. The van der Waals surface area contributed by atoms with Gasteiger partial charge in [0.1, 0.15) is 0 Å². The van der Waals surface area contributed by atoms with Gasteiger partial charge in [-0.2, -0.15) is 0 Å². The highest BCUT2D eigenvalue weighted by molar-refractivity contribution is 8.00. The number of hydrogen-bond acceptors (Lipinski definition) is 5. The Morgan fingerprint density at radius 2 is 1.59 bits per heavy atom. The second-order valence-electron chi connectivity index (χ2n) is 15.8. The van der Waals surface area contributed by atoms with Crippen LogP contribution in [0.25, 0.3) is 0 Å². The number of carbonyl (C=O) groups is 3. The van der Waals surface area contributed by atoms with Crippen LogP contribution >= 0.6 is 11.8 Å². The first-order valence-electron chi connectivity index (χ1n) is 14.9. The normalized spacial score (nSPS) is 50.5. The van der Waals surface area contributed by atoms with Gasteiger partial charge in [-0.1, -0.05) is 47.1 Å². The maximum absolute atomic E-state index is 14.5. The van der Waals surface area contributed by atoms with E-state index in [-0.39, 0.29) is 56.2 Å². The summed E-state index contributed by atoms with van der Waals surface area (Å²) < 4.78 is 0. The third-order valence-corrected chi connectivity index (χ3v) is 14.7. The second-order valence-corrected chi connectivity index (χ2v) is 17.0. The average molecular weight is 561 g/mol. The highest BCUT2D eigenvalue weighted by Gasteiger charge is 2.71. The first-order valence-corrected chi connectivity index (χ1v) is 15.9. The molecule has 218 valence electrons. The zero-order valence-electron chi connectivity index (χ0n) is 24.8. The van der Waals surface area contributed by atoms with Crippen LogP contribution in [0.5, 0.6) is 0 Å². The minimum atomic E-state index is -0.884. The van der Waals surface area contributed by atoms with Crippen molar-refractivity contribution < 1.29 is 29.7 Å². The lowest BCUT2D eigenvalue weighted by atomic mass is 9.33. The first-order chi connectivity index (χ1) is 17.9. The number of thioether (sulfide) groups is 1. The van der Waals surface area contributed by atoms with Crippen LogP contribution in [0.4, 0.5) is 0 Å². The predicted molar refractivity (Wildman–Crippen MR) is 152 cm³/mol. The summed E-state index contributed by atoms with van der Waals surface area (Å²) in [6.07, 6.45) is 7.96. The molecule has 2 unspecified atom stereocenters. The number of fused-ring (bicyclic) bond motifs is 7. The van der Waals surface area contributed by atoms with E-state index in [9.17, 15) is 29.7 Å². The molecule has 0 spiro atoms. The van der Waals surface area contributed by atoms with Gasteiger partial charge < -0.3 is 15.3 Å². The van der Waals surface area contributed by atoms with Gasteiger partial charge >= 0.3 is 11.9 Å². The summed E-state index contributed by atoms with van der Waals surface area (Å²) in [6.45, 7) is 15.3. The Morgan fingerprint density at radius 3 is 2.21 bits per heavy atom. The largest absolute Gasteiger partial charge is 0.481 e. The summed E-state index contributed by atoms with van der Waals surface area (Å²) in [6, 6.07) is 0. The molecule has 0 amide bonds. The summed E-state index contributed by atoms with van der Waals surface area (Å²) in [7, 11) is 0. The van der Waals surface area contributed by atoms with Crippen molar-refractivity contribution in [2.24, 2.45) is 50.2 Å². The molecule has 3 N–H and O–H groups in total. The molecule has 6 nitrogen and oxygen atoms in total. The zero-order chi connectivity index (χ0) is 29.0. The number of rotatable bonds is 4. The van der Waals surface area contributed by atoms with Crippen molar-refractivity contribution in [3.05, 3.63) is 11.6 Å². The first kappa shape index (κ1) is 29.2. The van der Waals surface area contributed by atoms with Crippen molar-refractivity contribution in [3.8, 4) is 0 Å². The van der Waals surface area contributed by atoms with E-state index in [0.717, 1.165) is 32.1 Å². The Bertz CT molecular complexity index is 1130. The van der Waals surface area contributed by atoms with Crippen LogP contribution in [0.15, 0.2) is 11.6 Å². The lowest BCUT2D eigenvalue weighted by molar-refractivity contribution is -0.200. The van der Waals surface area contributed by atoms with Crippen LogP contribution < -0.4 is 0 Å². The third-order valence-electron chi connectivity index (χ3n) is 13.4. The number of allylic oxidation sites excluding steroid dienone is 2. The van der Waals surface area contributed by atoms with E-state index in [2.05, 4.69) is 41.5 Å². The minimum Gasteiger partial charge on any atom is -0.481 e. The van der Waals surface area contributed by atoms with Gasteiger partial charge in [-0.25, -0.2) is 0 Å². The van der Waals surface area contributed by atoms with Crippen molar-refractivity contribution in [1.82, 2.24) is 0 Å². The Morgan fingerprint density at radius 1 is 0.949 bits per heavy atom. The predicted octanol–water partition coefficient (Wildman–Crippen LogP) is 6.21. The summed E-state index contributed by atoms with van der Waals surface area (Å²) in [5.74, 6) is -1.48. The summed E-state index contributed by atoms with van der Waals surface area (Å²) in [5.41, 5.74) is -0.847.